The van der Waals surface area contributed by atoms with Crippen LogP contribution >= 0.6 is 0 Å². The molecule has 0 N–H and O–H groups in total. The molecule has 19 heteroatoms. The average Bonchev–Trinajstić information content (AvgIpc) is 3.80. The fraction of sp³-hybridized carbons (Fsp3) is 0.147. The normalized spacial score (nSPS) is 19.4. The molecule has 2 aromatic carbocycles. The lowest BCUT2D eigenvalue weighted by atomic mass is 9.76. The summed E-state index contributed by atoms with van der Waals surface area (Å²) in [5.74, 6) is -19.1. The Labute approximate surface area is 288 Å². The summed E-state index contributed by atoms with van der Waals surface area (Å²) in [6, 6.07) is 7.05. The lowest BCUT2D eigenvalue weighted by molar-refractivity contribution is -0.173. The minimum Gasteiger partial charge on any atom is -0.205 e. The average molecular weight is 741 g/mol. The molecule has 1 saturated carbocycles. The first-order valence-electron chi connectivity index (χ1n) is 13.8. The van der Waals surface area contributed by atoms with Crippen LogP contribution in [0.25, 0.3) is 11.1 Å². The minimum atomic E-state index is -5.71. The number of benzene rings is 2. The van der Waals surface area contributed by atoms with Gasteiger partial charge in [-0.2, -0.15) is 63.2 Å². The van der Waals surface area contributed by atoms with E-state index >= 15 is 17.6 Å². The van der Waals surface area contributed by atoms with Crippen molar-refractivity contribution in [1.82, 2.24) is 0 Å². The third-order valence-electron chi connectivity index (χ3n) is 7.98. The summed E-state index contributed by atoms with van der Waals surface area (Å²) in [5.41, 5.74) is -23.6. The molecule has 2 aliphatic rings. The molecule has 2 unspecified atom stereocenters. The van der Waals surface area contributed by atoms with Crippen LogP contribution in [0.5, 0.6) is 0 Å². The topological polar surface area (TPSA) is 167 Å². The Hall–Kier alpha value is -7.27. The quantitative estimate of drug-likeness (QED) is 0.173. The van der Waals surface area contributed by atoms with Crippen molar-refractivity contribution in [3.8, 4) is 42.5 Å². The Balaban J connectivity index is 2.44. The van der Waals surface area contributed by atoms with Crippen LogP contribution < -0.4 is 0 Å². The zero-order chi connectivity index (χ0) is 40.1. The van der Waals surface area contributed by atoms with Gasteiger partial charge in [0.15, 0.2) is 34.9 Å². The maximum absolute atomic E-state index is 15.7. The predicted octanol–water partition coefficient (Wildman–Crippen LogP) is 8.34. The van der Waals surface area contributed by atoms with Crippen LogP contribution in [0.1, 0.15) is 40.3 Å². The van der Waals surface area contributed by atoms with Crippen LogP contribution in [0.4, 0.5) is 52.7 Å². The highest BCUT2D eigenvalue weighted by molar-refractivity contribution is 6.07. The van der Waals surface area contributed by atoms with Crippen molar-refractivity contribution < 1.29 is 52.7 Å². The molecule has 0 bridgehead atoms. The molecule has 262 valence electrons. The summed E-state index contributed by atoms with van der Waals surface area (Å²) in [7, 11) is 0. The van der Waals surface area contributed by atoms with E-state index in [4.69, 9.17) is 10.5 Å². The van der Waals surface area contributed by atoms with Crippen molar-refractivity contribution in [3.63, 3.8) is 0 Å². The summed E-state index contributed by atoms with van der Waals surface area (Å²) >= 11 is 0. The summed E-state index contributed by atoms with van der Waals surface area (Å²) in [5, 5.41) is 67.2. The molecule has 1 fully saturated rings. The van der Waals surface area contributed by atoms with E-state index in [0.29, 0.717) is 6.08 Å². The molecule has 2 aliphatic carbocycles. The van der Waals surface area contributed by atoms with Crippen molar-refractivity contribution in [1.29, 1.82) is 36.8 Å². The largest absolute Gasteiger partial charge is 0.416 e. The molecule has 0 saturated heterocycles. The van der Waals surface area contributed by atoms with E-state index in [1.54, 1.807) is 0 Å². The van der Waals surface area contributed by atoms with Crippen molar-refractivity contribution in [2.45, 2.75) is 19.3 Å². The van der Waals surface area contributed by atoms with Gasteiger partial charge in [0.25, 0.3) is 0 Å². The third-order valence-corrected chi connectivity index (χ3v) is 7.98. The predicted molar refractivity (Wildman–Crippen MR) is 150 cm³/mol. The van der Waals surface area contributed by atoms with Crippen LogP contribution in [0.3, 0.4) is 0 Å². The lowest BCUT2D eigenvalue weighted by Crippen LogP contribution is -2.35. The van der Waals surface area contributed by atoms with Gasteiger partial charge in [-0.25, -0.2) is 26.3 Å². The second-order valence-corrected chi connectivity index (χ2v) is 10.7. The van der Waals surface area contributed by atoms with Crippen molar-refractivity contribution in [3.05, 3.63) is 114 Å². The Morgan fingerprint density at radius 1 is 0.528 bits per heavy atom. The summed E-state index contributed by atoms with van der Waals surface area (Å²) in [6.07, 6.45) is -10.7. The number of allylic oxidation sites excluding steroid dienone is 10. The van der Waals surface area contributed by atoms with Gasteiger partial charge in [-0.15, -0.1) is 0 Å². The number of halogens is 12. The highest BCUT2D eigenvalue weighted by Crippen LogP contribution is 2.59. The fourth-order valence-corrected chi connectivity index (χ4v) is 5.72. The van der Waals surface area contributed by atoms with Gasteiger partial charge in [0, 0.05) is 16.7 Å². The van der Waals surface area contributed by atoms with Crippen LogP contribution in [0.2, 0.25) is 0 Å². The molecule has 7 nitrogen and oxygen atoms in total. The van der Waals surface area contributed by atoms with Crippen molar-refractivity contribution in [2.24, 2.45) is 11.8 Å². The molecule has 4 rings (SSSR count). The molecule has 0 aromatic heterocycles. The molecule has 2 atom stereocenters. The third kappa shape index (κ3) is 5.89. The lowest BCUT2D eigenvalue weighted by Gasteiger charge is -2.32. The van der Waals surface area contributed by atoms with Gasteiger partial charge in [0.2, 0.25) is 0 Å². The second kappa shape index (κ2) is 13.5. The first-order chi connectivity index (χ1) is 24.7. The van der Waals surface area contributed by atoms with Crippen molar-refractivity contribution >= 4 is 11.1 Å². The van der Waals surface area contributed by atoms with E-state index < -0.39 is 137 Å². The van der Waals surface area contributed by atoms with Gasteiger partial charge >= 0.3 is 12.4 Å². The molecule has 0 radical (unpaired) electrons. The number of nitrogens with zero attached hydrogens (tertiary/aromatic N) is 7. The van der Waals surface area contributed by atoms with E-state index in [0.717, 1.165) is 49.4 Å². The Kier molecular flexibility index (Phi) is 9.78. The van der Waals surface area contributed by atoms with Crippen LogP contribution in [-0.2, 0) is 0 Å². The molecule has 0 spiro atoms. The van der Waals surface area contributed by atoms with Crippen molar-refractivity contribution in [2.75, 3.05) is 0 Å². The molecular formula is C34H7F12N7. The summed E-state index contributed by atoms with van der Waals surface area (Å²) in [6.45, 7) is 0.769. The van der Waals surface area contributed by atoms with E-state index in [-0.39, 0.29) is 6.08 Å². The maximum atomic E-state index is 15.7. The van der Waals surface area contributed by atoms with Crippen LogP contribution in [0.15, 0.2) is 45.6 Å². The van der Waals surface area contributed by atoms with Gasteiger partial charge in [0.1, 0.15) is 64.7 Å². The smallest absolute Gasteiger partial charge is 0.205 e. The number of hydrogen-bond acceptors (Lipinski definition) is 7. The number of rotatable bonds is 3. The van der Waals surface area contributed by atoms with E-state index in [2.05, 4.69) is 0 Å². The summed E-state index contributed by atoms with van der Waals surface area (Å²) < 4.78 is 178. The molecule has 0 heterocycles. The summed E-state index contributed by atoms with van der Waals surface area (Å²) in [4.78, 5) is 0. The SMILES string of the molecule is CC1C=CC(C(F)(F)F)=C(/C(C#N)=C2/C(=C(C#N)c3c(F)c(F)c(C#N)c(C#N)c3F)/C2=C(/C#N)c2c(F)c(F)c(C#N)c(C#N)c2F)C1C(F)(F)F. The van der Waals surface area contributed by atoms with E-state index in [9.17, 15) is 61.4 Å². The second-order valence-electron chi connectivity index (χ2n) is 10.7. The number of alkyl halides is 6. The van der Waals surface area contributed by atoms with Gasteiger partial charge < -0.3 is 0 Å². The Bertz CT molecular complexity index is 2410. The Morgan fingerprint density at radius 2 is 0.868 bits per heavy atom. The monoisotopic (exact) mass is 741 g/mol. The first-order valence-corrected chi connectivity index (χ1v) is 13.8. The molecule has 53 heavy (non-hydrogen) atoms. The van der Waals surface area contributed by atoms with E-state index in [1.807, 2.05) is 0 Å². The zero-order valence-corrected chi connectivity index (χ0v) is 25.5. The number of hydrogen-bond donors (Lipinski definition) is 0. The maximum Gasteiger partial charge on any atom is 0.416 e. The zero-order valence-electron chi connectivity index (χ0n) is 25.5. The van der Waals surface area contributed by atoms with E-state index in [1.165, 1.54) is 0 Å². The standard InChI is InChI=1S/C34H7F12N7/c1-11-2-3-19(33(41,42)43)20(26(11)34(44,45)46)16(8-51)21-22(17(9-52)24-27(35)12(4-47)14(6-49)29(37)31(24)39)23(21)18(10-53)25-28(36)13(5-48)15(7-50)30(38)32(25)40/h2-3,11,26H,1H3/b21-16-,22-17?,23-18-. The molecule has 0 amide bonds. The number of nitriles is 7. The van der Waals surface area contributed by atoms with Gasteiger partial charge in [0.05, 0.1) is 39.3 Å². The van der Waals surface area contributed by atoms with Crippen LogP contribution in [-0.4, -0.2) is 12.4 Å². The van der Waals surface area contributed by atoms with Crippen LogP contribution in [0, 0.1) is 126 Å². The molecular weight excluding hydrogens is 734 g/mol. The van der Waals surface area contributed by atoms with Gasteiger partial charge in [-0.1, -0.05) is 19.1 Å². The van der Waals surface area contributed by atoms with Gasteiger partial charge in [-0.05, 0) is 11.5 Å². The highest BCUT2D eigenvalue weighted by Gasteiger charge is 2.54. The van der Waals surface area contributed by atoms with Gasteiger partial charge in [-0.3, -0.25) is 0 Å². The molecule has 0 aliphatic heterocycles. The Morgan fingerprint density at radius 3 is 1.17 bits per heavy atom. The first kappa shape index (κ1) is 38.5. The highest BCUT2D eigenvalue weighted by atomic mass is 19.4. The minimum absolute atomic E-state index is 0.134. The fourth-order valence-electron chi connectivity index (χ4n) is 5.72. The molecule has 2 aromatic rings.